The Hall–Kier alpha value is -2.60. The zero-order valence-corrected chi connectivity index (χ0v) is 11.5. The zero-order chi connectivity index (χ0) is 15.4. The minimum atomic E-state index is -0.532. The number of hydrogen-bond acceptors (Lipinski definition) is 4. The third-order valence-corrected chi connectivity index (χ3v) is 3.08. The van der Waals surface area contributed by atoms with Gasteiger partial charge in [-0.15, -0.1) is 0 Å². The number of phenols is 1. The first-order valence-electron chi connectivity index (χ1n) is 5.98. The lowest BCUT2D eigenvalue weighted by molar-refractivity contribution is -0.385. The number of carbonyl (C=O) groups excluding carboxylic acids is 1. The molecule has 0 aliphatic carbocycles. The number of nitro groups is 1. The summed E-state index contributed by atoms with van der Waals surface area (Å²) in [6.45, 7) is 0. The van der Waals surface area contributed by atoms with Crippen LogP contribution < -0.4 is 5.32 Å². The van der Waals surface area contributed by atoms with Crippen LogP contribution in [0.2, 0.25) is 5.02 Å². The van der Waals surface area contributed by atoms with Crippen molar-refractivity contribution in [2.75, 3.05) is 5.32 Å². The van der Waals surface area contributed by atoms with E-state index in [0.29, 0.717) is 11.3 Å². The van der Waals surface area contributed by atoms with Crippen molar-refractivity contribution in [1.29, 1.82) is 0 Å². The van der Waals surface area contributed by atoms with Crippen molar-refractivity contribution >= 4 is 28.9 Å². The van der Waals surface area contributed by atoms with Gasteiger partial charge in [-0.25, -0.2) is 0 Å². The summed E-state index contributed by atoms with van der Waals surface area (Å²) in [5.41, 5.74) is 0.539. The van der Waals surface area contributed by atoms with E-state index in [1.54, 1.807) is 6.07 Å². The van der Waals surface area contributed by atoms with Gasteiger partial charge in [0.2, 0.25) is 5.91 Å². The van der Waals surface area contributed by atoms with Gasteiger partial charge in [0, 0.05) is 17.7 Å². The van der Waals surface area contributed by atoms with Crippen molar-refractivity contribution in [2.45, 2.75) is 6.42 Å². The van der Waals surface area contributed by atoms with E-state index in [1.165, 1.54) is 36.4 Å². The van der Waals surface area contributed by atoms with E-state index in [2.05, 4.69) is 5.32 Å². The molecule has 0 aliphatic heterocycles. The number of carbonyl (C=O) groups is 1. The summed E-state index contributed by atoms with van der Waals surface area (Å²) in [6.07, 6.45) is -0.144. The fourth-order valence-corrected chi connectivity index (χ4v) is 2.03. The van der Waals surface area contributed by atoms with Gasteiger partial charge >= 0.3 is 0 Å². The van der Waals surface area contributed by atoms with E-state index in [-0.39, 0.29) is 22.9 Å². The molecule has 0 atom stereocenters. The van der Waals surface area contributed by atoms with E-state index in [1.807, 2.05) is 0 Å². The summed E-state index contributed by atoms with van der Waals surface area (Å²) < 4.78 is 0. The summed E-state index contributed by atoms with van der Waals surface area (Å²) in [7, 11) is 0. The molecule has 2 aromatic carbocycles. The zero-order valence-electron chi connectivity index (χ0n) is 10.7. The standard InChI is InChI=1S/C14H11ClN2O4/c15-11-8-10(18)5-6-12(11)16-14(19)7-9-3-1-2-4-13(9)17(20)21/h1-6,8,18H,7H2,(H,16,19). The predicted molar refractivity (Wildman–Crippen MR) is 78.5 cm³/mol. The molecular formula is C14H11ClN2O4. The highest BCUT2D eigenvalue weighted by Gasteiger charge is 2.16. The Morgan fingerprint density at radius 3 is 2.67 bits per heavy atom. The molecule has 0 unspecified atom stereocenters. The maximum Gasteiger partial charge on any atom is 0.273 e. The number of para-hydroxylation sites is 1. The van der Waals surface area contributed by atoms with Crippen LogP contribution in [-0.2, 0) is 11.2 Å². The third-order valence-electron chi connectivity index (χ3n) is 2.77. The molecule has 7 heteroatoms. The molecule has 2 N–H and O–H groups in total. The minimum absolute atomic E-state index is 0.0169. The van der Waals surface area contributed by atoms with Gasteiger partial charge in [-0.05, 0) is 12.1 Å². The van der Waals surface area contributed by atoms with Gasteiger partial charge in [-0.1, -0.05) is 29.8 Å². The van der Waals surface area contributed by atoms with Crippen LogP contribution in [0.5, 0.6) is 5.75 Å². The van der Waals surface area contributed by atoms with Crippen LogP contribution in [0.25, 0.3) is 0 Å². The first-order chi connectivity index (χ1) is 9.97. The second-order valence-electron chi connectivity index (χ2n) is 4.27. The highest BCUT2D eigenvalue weighted by molar-refractivity contribution is 6.33. The van der Waals surface area contributed by atoms with Gasteiger partial charge in [-0.3, -0.25) is 14.9 Å². The summed E-state index contributed by atoms with van der Waals surface area (Å²) >= 11 is 5.88. The molecular weight excluding hydrogens is 296 g/mol. The number of aromatic hydroxyl groups is 1. The first kappa shape index (κ1) is 14.8. The molecule has 0 aliphatic rings. The Kier molecular flexibility index (Phi) is 4.39. The van der Waals surface area contributed by atoms with Gasteiger partial charge in [0.1, 0.15) is 5.75 Å². The van der Waals surface area contributed by atoms with E-state index < -0.39 is 10.8 Å². The SMILES string of the molecule is O=C(Cc1ccccc1[N+](=O)[O-])Nc1ccc(O)cc1Cl. The van der Waals surface area contributed by atoms with Crippen LogP contribution in [0.1, 0.15) is 5.56 Å². The number of rotatable bonds is 4. The van der Waals surface area contributed by atoms with Crippen molar-refractivity contribution in [3.05, 3.63) is 63.2 Å². The lowest BCUT2D eigenvalue weighted by Gasteiger charge is -2.08. The first-order valence-corrected chi connectivity index (χ1v) is 6.36. The number of hydrogen-bond donors (Lipinski definition) is 2. The summed E-state index contributed by atoms with van der Waals surface area (Å²) in [5.74, 6) is -0.450. The minimum Gasteiger partial charge on any atom is -0.508 e. The number of anilines is 1. The van der Waals surface area contributed by atoms with Crippen molar-refractivity contribution in [1.82, 2.24) is 0 Å². The molecule has 108 valence electrons. The molecule has 0 saturated heterocycles. The normalized spacial score (nSPS) is 10.1. The van der Waals surface area contributed by atoms with Crippen molar-refractivity contribution in [2.24, 2.45) is 0 Å². The molecule has 0 saturated carbocycles. The predicted octanol–water partition coefficient (Wildman–Crippen LogP) is 3.14. The lowest BCUT2D eigenvalue weighted by Crippen LogP contribution is -2.15. The third kappa shape index (κ3) is 3.70. The molecule has 0 fully saturated rings. The van der Waals surface area contributed by atoms with Crippen LogP contribution in [0, 0.1) is 10.1 Å². The van der Waals surface area contributed by atoms with Crippen molar-refractivity contribution in [3.8, 4) is 5.75 Å². The topological polar surface area (TPSA) is 92.5 Å². The van der Waals surface area contributed by atoms with Crippen LogP contribution in [-0.4, -0.2) is 15.9 Å². The summed E-state index contributed by atoms with van der Waals surface area (Å²) in [5, 5.41) is 22.8. The maximum atomic E-state index is 11.9. The van der Waals surface area contributed by atoms with Crippen LogP contribution in [0.3, 0.4) is 0 Å². The molecule has 0 aromatic heterocycles. The molecule has 0 radical (unpaired) electrons. The van der Waals surface area contributed by atoms with Crippen LogP contribution in [0.4, 0.5) is 11.4 Å². The highest BCUT2D eigenvalue weighted by atomic mass is 35.5. The van der Waals surface area contributed by atoms with E-state index >= 15 is 0 Å². The van der Waals surface area contributed by atoms with Crippen LogP contribution in [0.15, 0.2) is 42.5 Å². The average Bonchev–Trinajstić information content (AvgIpc) is 2.42. The van der Waals surface area contributed by atoms with Gasteiger partial charge in [-0.2, -0.15) is 0 Å². The largest absolute Gasteiger partial charge is 0.508 e. The number of phenolic OH excluding ortho intramolecular Hbond substituents is 1. The molecule has 21 heavy (non-hydrogen) atoms. The molecule has 2 rings (SSSR count). The van der Waals surface area contributed by atoms with Gasteiger partial charge in [0.25, 0.3) is 5.69 Å². The Balaban J connectivity index is 2.14. The monoisotopic (exact) mass is 306 g/mol. The van der Waals surface area contributed by atoms with Crippen LogP contribution >= 0.6 is 11.6 Å². The Labute approximate surface area is 125 Å². The molecule has 0 heterocycles. The number of nitro benzene ring substituents is 1. The second-order valence-corrected chi connectivity index (χ2v) is 4.68. The lowest BCUT2D eigenvalue weighted by atomic mass is 10.1. The number of halogens is 1. The van der Waals surface area contributed by atoms with Crippen molar-refractivity contribution in [3.63, 3.8) is 0 Å². The number of amides is 1. The Morgan fingerprint density at radius 2 is 2.00 bits per heavy atom. The smallest absolute Gasteiger partial charge is 0.273 e. The Morgan fingerprint density at radius 1 is 1.29 bits per heavy atom. The van der Waals surface area contributed by atoms with E-state index in [0.717, 1.165) is 0 Å². The molecule has 6 nitrogen and oxygen atoms in total. The highest BCUT2D eigenvalue weighted by Crippen LogP contribution is 2.26. The molecule has 1 amide bonds. The van der Waals surface area contributed by atoms with E-state index in [4.69, 9.17) is 11.6 Å². The maximum absolute atomic E-state index is 11.9. The fourth-order valence-electron chi connectivity index (χ4n) is 1.81. The molecule has 2 aromatic rings. The quantitative estimate of drug-likeness (QED) is 0.515. The average molecular weight is 307 g/mol. The molecule has 0 bridgehead atoms. The fraction of sp³-hybridized carbons (Fsp3) is 0.0714. The number of nitrogens with zero attached hydrogens (tertiary/aromatic N) is 1. The van der Waals surface area contributed by atoms with Gasteiger partial charge < -0.3 is 10.4 Å². The van der Waals surface area contributed by atoms with E-state index in [9.17, 15) is 20.0 Å². The summed E-state index contributed by atoms with van der Waals surface area (Å²) in [4.78, 5) is 22.3. The molecule has 0 spiro atoms. The van der Waals surface area contributed by atoms with Gasteiger partial charge in [0.15, 0.2) is 0 Å². The Bertz CT molecular complexity index is 703. The number of benzene rings is 2. The second kappa shape index (κ2) is 6.23. The summed E-state index contributed by atoms with van der Waals surface area (Å²) in [6, 6.07) is 10.2. The van der Waals surface area contributed by atoms with Gasteiger partial charge in [0.05, 0.1) is 22.1 Å². The number of nitrogens with one attached hydrogen (secondary N) is 1. The van der Waals surface area contributed by atoms with Crippen molar-refractivity contribution < 1.29 is 14.8 Å².